The second kappa shape index (κ2) is 2.90. The van der Waals surface area contributed by atoms with Crippen molar-refractivity contribution in [3.05, 3.63) is 11.6 Å². The first-order valence-electron chi connectivity index (χ1n) is 6.98. The molecule has 0 amide bonds. The van der Waals surface area contributed by atoms with Crippen LogP contribution in [0.25, 0.3) is 0 Å². The van der Waals surface area contributed by atoms with E-state index in [1.165, 1.54) is 19.3 Å². The molecule has 0 radical (unpaired) electrons. The summed E-state index contributed by atoms with van der Waals surface area (Å²) in [6, 6.07) is 0. The summed E-state index contributed by atoms with van der Waals surface area (Å²) in [4.78, 5) is 24.7. The van der Waals surface area contributed by atoms with Crippen LogP contribution in [-0.4, -0.2) is 11.6 Å². The Balaban J connectivity index is 1.93. The lowest BCUT2D eigenvalue weighted by molar-refractivity contribution is -0.132. The standard InChI is InChI=1S/C15H18O2/c16-12-4-2-7-15-11(12)5-8-14(15)6-1-3-10(14)9-13(15)17/h5,10H,1-4,6-9H2/t10-,14+,15-/m0/s1. The molecule has 2 nitrogen and oxygen atoms in total. The third kappa shape index (κ3) is 0.882. The summed E-state index contributed by atoms with van der Waals surface area (Å²) in [5, 5.41) is 0. The molecule has 4 aliphatic carbocycles. The lowest BCUT2D eigenvalue weighted by Gasteiger charge is -2.43. The van der Waals surface area contributed by atoms with Crippen molar-refractivity contribution in [3.8, 4) is 0 Å². The Morgan fingerprint density at radius 1 is 1.18 bits per heavy atom. The van der Waals surface area contributed by atoms with Crippen LogP contribution in [0.15, 0.2) is 11.6 Å². The van der Waals surface area contributed by atoms with Gasteiger partial charge in [-0.25, -0.2) is 0 Å². The molecule has 0 aromatic rings. The molecule has 0 aromatic heterocycles. The quantitative estimate of drug-likeness (QED) is 0.641. The van der Waals surface area contributed by atoms with Gasteiger partial charge in [0.05, 0.1) is 5.41 Å². The van der Waals surface area contributed by atoms with Gasteiger partial charge < -0.3 is 0 Å². The molecule has 4 rings (SSSR count). The lowest BCUT2D eigenvalue weighted by Crippen LogP contribution is -2.44. The molecule has 0 aromatic carbocycles. The minimum atomic E-state index is -0.316. The first kappa shape index (κ1) is 10.0. The number of allylic oxidation sites excluding steroid dienone is 2. The van der Waals surface area contributed by atoms with Gasteiger partial charge in [-0.3, -0.25) is 9.59 Å². The van der Waals surface area contributed by atoms with Crippen LogP contribution in [0.1, 0.15) is 51.4 Å². The average molecular weight is 230 g/mol. The number of ketones is 2. The summed E-state index contributed by atoms with van der Waals surface area (Å²) in [5.41, 5.74) is 0.789. The zero-order valence-corrected chi connectivity index (χ0v) is 10.1. The van der Waals surface area contributed by atoms with E-state index in [1.807, 2.05) is 0 Å². The summed E-state index contributed by atoms with van der Waals surface area (Å²) in [7, 11) is 0. The number of hydrogen-bond acceptors (Lipinski definition) is 2. The summed E-state index contributed by atoms with van der Waals surface area (Å²) in [6.45, 7) is 0. The van der Waals surface area contributed by atoms with Crippen LogP contribution in [0.5, 0.6) is 0 Å². The maximum absolute atomic E-state index is 12.6. The fraction of sp³-hybridized carbons (Fsp3) is 0.733. The summed E-state index contributed by atoms with van der Waals surface area (Å²) in [5.74, 6) is 1.25. The minimum Gasteiger partial charge on any atom is -0.299 e. The van der Waals surface area contributed by atoms with E-state index in [2.05, 4.69) is 6.08 Å². The fourth-order valence-electron chi connectivity index (χ4n) is 5.52. The second-order valence-electron chi connectivity index (χ2n) is 6.38. The second-order valence-corrected chi connectivity index (χ2v) is 6.38. The predicted molar refractivity (Wildman–Crippen MR) is 63.4 cm³/mol. The van der Waals surface area contributed by atoms with Gasteiger partial charge in [0.15, 0.2) is 5.78 Å². The van der Waals surface area contributed by atoms with Crippen LogP contribution in [0.3, 0.4) is 0 Å². The van der Waals surface area contributed by atoms with Crippen LogP contribution in [-0.2, 0) is 9.59 Å². The first-order chi connectivity index (χ1) is 8.21. The smallest absolute Gasteiger partial charge is 0.159 e. The maximum atomic E-state index is 12.6. The zero-order valence-electron chi connectivity index (χ0n) is 10.1. The van der Waals surface area contributed by atoms with Crippen LogP contribution in [0, 0.1) is 16.7 Å². The summed E-state index contributed by atoms with van der Waals surface area (Å²) < 4.78 is 0. The molecule has 4 aliphatic rings. The molecule has 3 fully saturated rings. The molecule has 0 saturated heterocycles. The number of carbonyl (C=O) groups excluding carboxylic acids is 2. The van der Waals surface area contributed by atoms with Gasteiger partial charge in [-0.05, 0) is 43.4 Å². The highest BCUT2D eigenvalue weighted by molar-refractivity contribution is 6.08. The molecule has 3 saturated carbocycles. The van der Waals surface area contributed by atoms with Crippen LogP contribution < -0.4 is 0 Å². The normalized spacial score (nSPS) is 47.8. The highest BCUT2D eigenvalue weighted by Crippen LogP contribution is 2.72. The van der Waals surface area contributed by atoms with E-state index in [4.69, 9.17) is 0 Å². The molecule has 90 valence electrons. The van der Waals surface area contributed by atoms with Crippen molar-refractivity contribution < 1.29 is 9.59 Å². The molecular formula is C15H18O2. The van der Waals surface area contributed by atoms with E-state index in [-0.39, 0.29) is 16.6 Å². The molecule has 2 heteroatoms. The van der Waals surface area contributed by atoms with E-state index < -0.39 is 0 Å². The van der Waals surface area contributed by atoms with Crippen molar-refractivity contribution in [2.75, 3.05) is 0 Å². The molecule has 2 spiro atoms. The Morgan fingerprint density at radius 2 is 2.06 bits per heavy atom. The van der Waals surface area contributed by atoms with Crippen molar-refractivity contribution >= 4 is 11.6 Å². The largest absolute Gasteiger partial charge is 0.299 e. The van der Waals surface area contributed by atoms with Gasteiger partial charge in [0.1, 0.15) is 5.78 Å². The number of Topliss-reactive ketones (excluding diaryl/α,β-unsaturated/α-hetero) is 2. The van der Waals surface area contributed by atoms with Gasteiger partial charge >= 0.3 is 0 Å². The predicted octanol–water partition coefficient (Wildman–Crippen LogP) is 2.82. The topological polar surface area (TPSA) is 34.1 Å². The van der Waals surface area contributed by atoms with Gasteiger partial charge in [0.25, 0.3) is 0 Å². The van der Waals surface area contributed by atoms with Crippen molar-refractivity contribution in [1.82, 2.24) is 0 Å². The third-order valence-electron chi connectivity index (χ3n) is 6.10. The number of hydrogen-bond donors (Lipinski definition) is 0. The molecule has 0 unspecified atom stereocenters. The van der Waals surface area contributed by atoms with E-state index in [0.29, 0.717) is 18.1 Å². The molecule has 0 heterocycles. The van der Waals surface area contributed by atoms with Crippen LogP contribution in [0.2, 0.25) is 0 Å². The SMILES string of the molecule is O=C1CCC[C@]23C(=O)C[C@@H]4CCC[C@@]42CC=C13. The van der Waals surface area contributed by atoms with Crippen LogP contribution >= 0.6 is 0 Å². The van der Waals surface area contributed by atoms with Crippen molar-refractivity contribution in [2.45, 2.75) is 51.4 Å². The van der Waals surface area contributed by atoms with Gasteiger partial charge in [-0.15, -0.1) is 0 Å². The lowest BCUT2D eigenvalue weighted by atomic mass is 9.57. The third-order valence-corrected chi connectivity index (χ3v) is 6.10. The highest BCUT2D eigenvalue weighted by atomic mass is 16.1. The molecular weight excluding hydrogens is 212 g/mol. The Kier molecular flexibility index (Phi) is 1.72. The molecule has 0 N–H and O–H groups in total. The Labute approximate surface area is 101 Å². The average Bonchev–Trinajstić information content (AvgIpc) is 2.90. The van der Waals surface area contributed by atoms with Crippen molar-refractivity contribution in [3.63, 3.8) is 0 Å². The van der Waals surface area contributed by atoms with Crippen molar-refractivity contribution in [1.29, 1.82) is 0 Å². The molecule has 0 aliphatic heterocycles. The maximum Gasteiger partial charge on any atom is 0.159 e. The van der Waals surface area contributed by atoms with E-state index in [9.17, 15) is 9.59 Å². The number of rotatable bonds is 0. The monoisotopic (exact) mass is 230 g/mol. The van der Waals surface area contributed by atoms with Crippen molar-refractivity contribution in [2.24, 2.45) is 16.7 Å². The van der Waals surface area contributed by atoms with E-state index >= 15 is 0 Å². The Morgan fingerprint density at radius 3 is 2.94 bits per heavy atom. The first-order valence-corrected chi connectivity index (χ1v) is 6.98. The highest BCUT2D eigenvalue weighted by Gasteiger charge is 2.70. The summed E-state index contributed by atoms with van der Waals surface area (Å²) >= 11 is 0. The van der Waals surface area contributed by atoms with Gasteiger partial charge in [0.2, 0.25) is 0 Å². The number of carbonyl (C=O) groups is 2. The Bertz CT molecular complexity index is 462. The molecule has 3 atom stereocenters. The van der Waals surface area contributed by atoms with E-state index in [0.717, 1.165) is 31.3 Å². The molecule has 0 bridgehead atoms. The minimum absolute atomic E-state index is 0.176. The van der Waals surface area contributed by atoms with Gasteiger partial charge in [-0.2, -0.15) is 0 Å². The van der Waals surface area contributed by atoms with Gasteiger partial charge in [-0.1, -0.05) is 12.5 Å². The van der Waals surface area contributed by atoms with Crippen LogP contribution in [0.4, 0.5) is 0 Å². The van der Waals surface area contributed by atoms with E-state index in [1.54, 1.807) is 0 Å². The zero-order chi connectivity index (χ0) is 11.7. The molecule has 17 heavy (non-hydrogen) atoms. The Hall–Kier alpha value is -0.920. The summed E-state index contributed by atoms with van der Waals surface area (Å²) in [6.07, 6.45) is 10.1. The van der Waals surface area contributed by atoms with Gasteiger partial charge in [0, 0.05) is 18.4 Å². The fourth-order valence-corrected chi connectivity index (χ4v) is 5.52.